The number of oxazole rings is 1. The molecule has 144 valence electrons. The van der Waals surface area contributed by atoms with Crippen LogP contribution in [0.5, 0.6) is 0 Å². The largest absolute Gasteiger partial charge is 0.436 e. The van der Waals surface area contributed by atoms with Crippen LogP contribution in [0, 0.1) is 11.6 Å². The summed E-state index contributed by atoms with van der Waals surface area (Å²) in [5, 5.41) is 2.59. The molecule has 4 nitrogen and oxygen atoms in total. The molecule has 0 saturated heterocycles. The molecule has 0 bridgehead atoms. The fourth-order valence-electron chi connectivity index (χ4n) is 2.79. The van der Waals surface area contributed by atoms with Gasteiger partial charge in [-0.2, -0.15) is 0 Å². The van der Waals surface area contributed by atoms with Crippen molar-refractivity contribution in [3.8, 4) is 22.8 Å². The molecule has 0 saturated carbocycles. The molecule has 0 spiro atoms. The van der Waals surface area contributed by atoms with Crippen LogP contribution in [-0.4, -0.2) is 10.9 Å². The lowest BCUT2D eigenvalue weighted by Gasteiger charge is -2.09. The minimum Gasteiger partial charge on any atom is -0.436 e. The van der Waals surface area contributed by atoms with E-state index in [1.807, 2.05) is 0 Å². The van der Waals surface area contributed by atoms with Crippen LogP contribution in [0.15, 0.2) is 77.3 Å². The highest BCUT2D eigenvalue weighted by molar-refractivity contribution is 6.31. The Morgan fingerprint density at radius 2 is 1.76 bits per heavy atom. The van der Waals surface area contributed by atoms with Gasteiger partial charge in [0.05, 0.1) is 16.8 Å². The number of hydrogen-bond acceptors (Lipinski definition) is 3. The third kappa shape index (κ3) is 4.02. The highest BCUT2D eigenvalue weighted by atomic mass is 35.5. The summed E-state index contributed by atoms with van der Waals surface area (Å²) >= 11 is 5.77. The molecule has 7 heteroatoms. The summed E-state index contributed by atoms with van der Waals surface area (Å²) in [6.07, 6.45) is 1.51. The minimum absolute atomic E-state index is 0.0901. The lowest BCUT2D eigenvalue weighted by Crippen LogP contribution is -2.13. The van der Waals surface area contributed by atoms with Crippen LogP contribution in [-0.2, 0) is 0 Å². The van der Waals surface area contributed by atoms with Gasteiger partial charge in [-0.15, -0.1) is 0 Å². The maximum absolute atomic E-state index is 13.3. The third-order valence-electron chi connectivity index (χ3n) is 4.21. The lowest BCUT2D eigenvalue weighted by molar-refractivity contribution is 0.102. The lowest BCUT2D eigenvalue weighted by atomic mass is 10.1. The van der Waals surface area contributed by atoms with Crippen molar-refractivity contribution in [2.24, 2.45) is 0 Å². The van der Waals surface area contributed by atoms with Gasteiger partial charge in [0.1, 0.15) is 11.6 Å². The van der Waals surface area contributed by atoms with Gasteiger partial charge in [0.2, 0.25) is 5.89 Å². The number of aromatic nitrogens is 1. The van der Waals surface area contributed by atoms with E-state index in [1.165, 1.54) is 36.5 Å². The predicted molar refractivity (Wildman–Crippen MR) is 107 cm³/mol. The van der Waals surface area contributed by atoms with Crippen molar-refractivity contribution >= 4 is 23.2 Å². The molecule has 1 heterocycles. The summed E-state index contributed by atoms with van der Waals surface area (Å²) in [4.78, 5) is 17.0. The average molecular weight is 411 g/mol. The van der Waals surface area contributed by atoms with Gasteiger partial charge in [0.15, 0.2) is 5.76 Å². The molecule has 0 fully saturated rings. The fourth-order valence-corrected chi connectivity index (χ4v) is 2.97. The molecule has 3 aromatic carbocycles. The molecular formula is C22H13ClF2N2O2. The Labute approximate surface area is 169 Å². The van der Waals surface area contributed by atoms with Crippen molar-refractivity contribution in [1.29, 1.82) is 0 Å². The molecule has 0 aliphatic heterocycles. The second kappa shape index (κ2) is 7.85. The van der Waals surface area contributed by atoms with Crippen LogP contribution in [0.25, 0.3) is 22.8 Å². The zero-order chi connectivity index (χ0) is 20.4. The van der Waals surface area contributed by atoms with Crippen LogP contribution in [0.2, 0.25) is 5.02 Å². The van der Waals surface area contributed by atoms with Crippen molar-refractivity contribution in [2.45, 2.75) is 0 Å². The summed E-state index contributed by atoms with van der Waals surface area (Å²) in [6, 6.07) is 16.5. The number of halogens is 3. The number of carbonyl (C=O) groups is 1. The highest BCUT2D eigenvalue weighted by Gasteiger charge is 2.17. The molecule has 0 aliphatic rings. The number of amides is 1. The Morgan fingerprint density at radius 3 is 2.52 bits per heavy atom. The summed E-state index contributed by atoms with van der Waals surface area (Å²) in [5.74, 6) is -0.660. The molecule has 0 unspecified atom stereocenters. The molecule has 4 aromatic rings. The van der Waals surface area contributed by atoms with E-state index < -0.39 is 11.7 Å². The fraction of sp³-hybridized carbons (Fsp3) is 0. The van der Waals surface area contributed by atoms with E-state index >= 15 is 0 Å². The smallest absolute Gasteiger partial charge is 0.256 e. The van der Waals surface area contributed by atoms with Gasteiger partial charge >= 0.3 is 0 Å². The summed E-state index contributed by atoms with van der Waals surface area (Å²) in [7, 11) is 0. The van der Waals surface area contributed by atoms with E-state index in [0.717, 1.165) is 0 Å². The van der Waals surface area contributed by atoms with E-state index in [9.17, 15) is 13.6 Å². The Morgan fingerprint density at radius 1 is 1.00 bits per heavy atom. The second-order valence-corrected chi connectivity index (χ2v) is 6.57. The molecule has 1 amide bonds. The van der Waals surface area contributed by atoms with Crippen molar-refractivity contribution in [2.75, 3.05) is 5.32 Å². The maximum atomic E-state index is 13.3. The van der Waals surface area contributed by atoms with Gasteiger partial charge in [-0.05, 0) is 54.6 Å². The van der Waals surface area contributed by atoms with E-state index in [-0.39, 0.29) is 16.7 Å². The van der Waals surface area contributed by atoms with E-state index in [2.05, 4.69) is 10.3 Å². The number of benzene rings is 3. The minimum atomic E-state index is -0.571. The average Bonchev–Trinajstić information content (AvgIpc) is 3.21. The van der Waals surface area contributed by atoms with Crippen LogP contribution in [0.3, 0.4) is 0 Å². The first-order valence-corrected chi connectivity index (χ1v) is 8.96. The van der Waals surface area contributed by atoms with Crippen molar-refractivity contribution in [3.05, 3.63) is 95.1 Å². The molecule has 1 aromatic heterocycles. The Balaban J connectivity index is 1.64. The van der Waals surface area contributed by atoms with Gasteiger partial charge in [-0.3, -0.25) is 4.79 Å². The van der Waals surface area contributed by atoms with Crippen LogP contribution >= 0.6 is 11.6 Å². The normalized spacial score (nSPS) is 10.7. The second-order valence-electron chi connectivity index (χ2n) is 6.17. The van der Waals surface area contributed by atoms with Crippen LogP contribution in [0.4, 0.5) is 14.5 Å². The van der Waals surface area contributed by atoms with Crippen molar-refractivity contribution in [3.63, 3.8) is 0 Å². The number of nitrogens with zero attached hydrogens (tertiary/aromatic N) is 1. The van der Waals surface area contributed by atoms with Crippen LogP contribution < -0.4 is 5.32 Å². The number of anilines is 1. The Bertz CT molecular complexity index is 1190. The van der Waals surface area contributed by atoms with Gasteiger partial charge in [0.25, 0.3) is 5.91 Å². The van der Waals surface area contributed by atoms with Gasteiger partial charge in [-0.25, -0.2) is 13.8 Å². The standard InChI is InChI=1S/C22H13ClF2N2O2/c23-18-11-15(9-10-19(18)25)27-21(28)16-3-1-2-4-17(16)22-26-12-20(29-22)13-5-7-14(24)8-6-13/h1-12H,(H,27,28). The van der Waals surface area contributed by atoms with E-state index in [4.69, 9.17) is 16.0 Å². The Kier molecular flexibility index (Phi) is 5.10. The summed E-state index contributed by atoms with van der Waals surface area (Å²) in [6.45, 7) is 0. The molecule has 0 aliphatic carbocycles. The first kappa shape index (κ1) is 18.8. The molecular weight excluding hydrogens is 398 g/mol. The molecule has 4 rings (SSSR count). The number of nitrogens with one attached hydrogen (secondary N) is 1. The third-order valence-corrected chi connectivity index (χ3v) is 4.50. The maximum Gasteiger partial charge on any atom is 0.256 e. The SMILES string of the molecule is O=C(Nc1ccc(F)c(Cl)c1)c1ccccc1-c1ncc(-c2ccc(F)cc2)o1. The van der Waals surface area contributed by atoms with Gasteiger partial charge in [-0.1, -0.05) is 23.7 Å². The zero-order valence-electron chi connectivity index (χ0n) is 14.8. The molecule has 0 radical (unpaired) electrons. The van der Waals surface area contributed by atoms with Crippen molar-refractivity contribution in [1.82, 2.24) is 4.98 Å². The highest BCUT2D eigenvalue weighted by Crippen LogP contribution is 2.29. The molecule has 29 heavy (non-hydrogen) atoms. The van der Waals surface area contributed by atoms with Gasteiger partial charge < -0.3 is 9.73 Å². The predicted octanol–water partition coefficient (Wildman–Crippen LogP) is 6.19. The first-order chi connectivity index (χ1) is 14.0. The summed E-state index contributed by atoms with van der Waals surface area (Å²) in [5.41, 5.74) is 1.82. The topological polar surface area (TPSA) is 55.1 Å². The summed E-state index contributed by atoms with van der Waals surface area (Å²) < 4.78 is 32.2. The number of hydrogen-bond donors (Lipinski definition) is 1. The van der Waals surface area contributed by atoms with Crippen LogP contribution in [0.1, 0.15) is 10.4 Å². The first-order valence-electron chi connectivity index (χ1n) is 8.59. The van der Waals surface area contributed by atoms with Gasteiger partial charge in [0, 0.05) is 16.8 Å². The van der Waals surface area contributed by atoms with Crippen molar-refractivity contribution < 1.29 is 18.0 Å². The zero-order valence-corrected chi connectivity index (χ0v) is 15.6. The molecule has 1 N–H and O–H groups in total. The Hall–Kier alpha value is -3.51. The van der Waals surface area contributed by atoms with E-state index in [1.54, 1.807) is 36.4 Å². The number of carbonyl (C=O) groups excluding carboxylic acids is 1. The monoisotopic (exact) mass is 410 g/mol. The molecule has 0 atom stereocenters. The van der Waals surface area contributed by atoms with E-state index in [0.29, 0.717) is 28.1 Å². The quantitative estimate of drug-likeness (QED) is 0.436. The number of rotatable bonds is 4.